The summed E-state index contributed by atoms with van der Waals surface area (Å²) in [4.78, 5) is 22.4. The second-order valence-electron chi connectivity index (χ2n) is 7.70. The lowest BCUT2D eigenvalue weighted by atomic mass is 10.0. The van der Waals surface area contributed by atoms with E-state index in [1.54, 1.807) is 11.3 Å². The number of nitrogen functional groups attached to an aromatic ring is 1. The lowest BCUT2D eigenvalue weighted by Crippen LogP contribution is -2.32. The first-order valence-electron chi connectivity index (χ1n) is 10.5. The van der Waals surface area contributed by atoms with Crippen LogP contribution in [0.25, 0.3) is 21.6 Å². The second kappa shape index (κ2) is 8.17. The van der Waals surface area contributed by atoms with E-state index in [0.29, 0.717) is 17.8 Å². The van der Waals surface area contributed by atoms with Crippen LogP contribution in [0.3, 0.4) is 0 Å². The van der Waals surface area contributed by atoms with Crippen LogP contribution < -0.4 is 16.1 Å². The van der Waals surface area contributed by atoms with Crippen molar-refractivity contribution in [2.45, 2.75) is 26.4 Å². The maximum atomic E-state index is 13.2. The van der Waals surface area contributed by atoms with Crippen molar-refractivity contribution in [3.63, 3.8) is 0 Å². The minimum Gasteiger partial charge on any atom is -0.494 e. The van der Waals surface area contributed by atoms with Gasteiger partial charge >= 0.3 is 0 Å². The van der Waals surface area contributed by atoms with Crippen molar-refractivity contribution in [2.75, 3.05) is 19.0 Å². The standard InChI is InChI=1S/C24H24N4O2S/c1-2-30-18-10-8-17(9-11-18)22-26-23-21(24(29)28(22)25)19-12-13-27(15-20(19)31-23)14-16-6-4-3-5-7-16/h3-11H,2,12-15,25H2,1H3. The number of fused-ring (bicyclic) bond motifs is 3. The molecule has 0 spiro atoms. The summed E-state index contributed by atoms with van der Waals surface area (Å²) in [5.41, 5.74) is 3.02. The van der Waals surface area contributed by atoms with Crippen molar-refractivity contribution >= 4 is 21.6 Å². The Bertz CT molecular complexity index is 1280. The number of nitrogens with zero attached hydrogens (tertiary/aromatic N) is 3. The zero-order valence-corrected chi connectivity index (χ0v) is 18.2. The molecule has 0 bridgehead atoms. The summed E-state index contributed by atoms with van der Waals surface area (Å²) in [6, 6.07) is 18.0. The van der Waals surface area contributed by atoms with Gasteiger partial charge in [-0.05, 0) is 48.7 Å². The molecule has 0 atom stereocenters. The van der Waals surface area contributed by atoms with Gasteiger partial charge in [0.1, 0.15) is 10.6 Å². The molecule has 158 valence electrons. The summed E-state index contributed by atoms with van der Waals surface area (Å²) in [5, 5.41) is 0.677. The predicted octanol–water partition coefficient (Wildman–Crippen LogP) is 3.80. The molecule has 5 rings (SSSR count). The summed E-state index contributed by atoms with van der Waals surface area (Å²) in [6.45, 7) is 5.19. The molecule has 2 N–H and O–H groups in total. The number of ether oxygens (including phenoxy) is 1. The summed E-state index contributed by atoms with van der Waals surface area (Å²) >= 11 is 1.61. The number of nitrogens with two attached hydrogens (primary N) is 1. The molecule has 31 heavy (non-hydrogen) atoms. The molecule has 0 saturated carbocycles. The fourth-order valence-corrected chi connectivity index (χ4v) is 5.41. The Morgan fingerprint density at radius 2 is 1.90 bits per heavy atom. The van der Waals surface area contributed by atoms with Gasteiger partial charge in [-0.3, -0.25) is 9.69 Å². The number of aromatic nitrogens is 2. The first kappa shape index (κ1) is 19.8. The average Bonchev–Trinajstić information content (AvgIpc) is 3.15. The third kappa shape index (κ3) is 3.71. The molecule has 2 aromatic carbocycles. The van der Waals surface area contributed by atoms with E-state index < -0.39 is 0 Å². The Morgan fingerprint density at radius 3 is 2.65 bits per heavy atom. The molecule has 0 saturated heterocycles. The summed E-state index contributed by atoms with van der Waals surface area (Å²) < 4.78 is 6.69. The molecule has 1 aliphatic rings. The molecule has 6 nitrogen and oxygen atoms in total. The molecule has 0 fully saturated rings. The van der Waals surface area contributed by atoms with Crippen molar-refractivity contribution in [1.29, 1.82) is 0 Å². The highest BCUT2D eigenvalue weighted by Gasteiger charge is 2.25. The van der Waals surface area contributed by atoms with Gasteiger partial charge in [-0.1, -0.05) is 30.3 Å². The highest BCUT2D eigenvalue weighted by atomic mass is 32.1. The van der Waals surface area contributed by atoms with E-state index in [1.807, 2.05) is 37.3 Å². The van der Waals surface area contributed by atoms with E-state index in [9.17, 15) is 4.79 Å². The van der Waals surface area contributed by atoms with Crippen LogP contribution >= 0.6 is 11.3 Å². The van der Waals surface area contributed by atoms with E-state index in [0.717, 1.165) is 47.8 Å². The van der Waals surface area contributed by atoms with Gasteiger partial charge in [0.15, 0.2) is 5.82 Å². The smallest absolute Gasteiger partial charge is 0.281 e. The third-order valence-corrected chi connectivity index (χ3v) is 6.77. The Hall–Kier alpha value is -3.16. The molecule has 0 aliphatic carbocycles. The molecule has 3 heterocycles. The Balaban J connectivity index is 1.49. The molecule has 7 heteroatoms. The van der Waals surface area contributed by atoms with Gasteiger partial charge in [0, 0.05) is 30.1 Å². The maximum absolute atomic E-state index is 13.2. The molecular weight excluding hydrogens is 408 g/mol. The lowest BCUT2D eigenvalue weighted by Gasteiger charge is -2.26. The predicted molar refractivity (Wildman–Crippen MR) is 125 cm³/mol. The Labute approximate surface area is 184 Å². The number of benzene rings is 2. The van der Waals surface area contributed by atoms with Gasteiger partial charge in [0.2, 0.25) is 0 Å². The van der Waals surface area contributed by atoms with Crippen molar-refractivity contribution in [3.8, 4) is 17.1 Å². The molecule has 2 aromatic heterocycles. The topological polar surface area (TPSA) is 73.4 Å². The minimum atomic E-state index is -0.178. The Kier molecular flexibility index (Phi) is 5.21. The van der Waals surface area contributed by atoms with Gasteiger partial charge < -0.3 is 10.6 Å². The van der Waals surface area contributed by atoms with Crippen LogP contribution in [0.5, 0.6) is 5.75 Å². The van der Waals surface area contributed by atoms with Gasteiger partial charge in [-0.2, -0.15) is 0 Å². The quantitative estimate of drug-likeness (QED) is 0.486. The van der Waals surface area contributed by atoms with Crippen LogP contribution in [0, 0.1) is 0 Å². The van der Waals surface area contributed by atoms with Crippen molar-refractivity contribution in [3.05, 3.63) is 81.0 Å². The van der Waals surface area contributed by atoms with Crippen molar-refractivity contribution in [1.82, 2.24) is 14.6 Å². The van der Waals surface area contributed by atoms with E-state index in [1.165, 1.54) is 15.1 Å². The second-order valence-corrected chi connectivity index (χ2v) is 8.78. The molecule has 0 radical (unpaired) electrons. The largest absolute Gasteiger partial charge is 0.494 e. The Morgan fingerprint density at radius 1 is 1.13 bits per heavy atom. The average molecular weight is 433 g/mol. The van der Waals surface area contributed by atoms with Crippen LogP contribution in [-0.4, -0.2) is 27.7 Å². The molecule has 1 aliphatic heterocycles. The zero-order valence-electron chi connectivity index (χ0n) is 17.4. The van der Waals surface area contributed by atoms with Crippen LogP contribution in [0.2, 0.25) is 0 Å². The van der Waals surface area contributed by atoms with Crippen LogP contribution in [0.15, 0.2) is 59.4 Å². The van der Waals surface area contributed by atoms with Crippen molar-refractivity contribution < 1.29 is 4.74 Å². The minimum absolute atomic E-state index is 0.178. The summed E-state index contributed by atoms with van der Waals surface area (Å²) in [5.74, 6) is 7.46. The first-order chi connectivity index (χ1) is 15.1. The highest BCUT2D eigenvalue weighted by Crippen LogP contribution is 2.34. The van der Waals surface area contributed by atoms with E-state index >= 15 is 0 Å². The SMILES string of the molecule is CCOc1ccc(-c2nc3sc4c(c3c(=O)n2N)CCN(Cc2ccccc2)C4)cc1. The summed E-state index contributed by atoms with van der Waals surface area (Å²) in [6.07, 6.45) is 0.835. The first-order valence-corrected chi connectivity index (χ1v) is 11.3. The van der Waals surface area contributed by atoms with Crippen LogP contribution in [-0.2, 0) is 19.5 Å². The monoisotopic (exact) mass is 432 g/mol. The third-order valence-electron chi connectivity index (χ3n) is 5.66. The van der Waals surface area contributed by atoms with Crippen LogP contribution in [0.4, 0.5) is 0 Å². The number of hydrogen-bond acceptors (Lipinski definition) is 6. The van der Waals surface area contributed by atoms with E-state index in [2.05, 4.69) is 29.2 Å². The summed E-state index contributed by atoms with van der Waals surface area (Å²) in [7, 11) is 0. The number of rotatable bonds is 5. The van der Waals surface area contributed by atoms with Gasteiger partial charge in [-0.15, -0.1) is 11.3 Å². The zero-order chi connectivity index (χ0) is 21.4. The van der Waals surface area contributed by atoms with Gasteiger partial charge in [0.25, 0.3) is 5.56 Å². The maximum Gasteiger partial charge on any atom is 0.281 e. The normalized spacial score (nSPS) is 14.0. The van der Waals surface area contributed by atoms with Crippen LogP contribution in [0.1, 0.15) is 22.9 Å². The van der Waals surface area contributed by atoms with E-state index in [4.69, 9.17) is 15.6 Å². The lowest BCUT2D eigenvalue weighted by molar-refractivity contribution is 0.249. The fourth-order valence-electron chi connectivity index (χ4n) is 4.16. The van der Waals surface area contributed by atoms with Gasteiger partial charge in [0.05, 0.1) is 12.0 Å². The van der Waals surface area contributed by atoms with E-state index in [-0.39, 0.29) is 5.56 Å². The highest BCUT2D eigenvalue weighted by molar-refractivity contribution is 7.18. The van der Waals surface area contributed by atoms with Gasteiger partial charge in [-0.25, -0.2) is 9.66 Å². The molecule has 0 amide bonds. The fraction of sp³-hybridized carbons (Fsp3) is 0.250. The molecule has 0 unspecified atom stereocenters. The number of hydrogen-bond donors (Lipinski definition) is 1. The molecule has 4 aromatic rings. The van der Waals surface area contributed by atoms with Crippen molar-refractivity contribution in [2.24, 2.45) is 0 Å². The number of thiophene rings is 1. The molecular formula is C24H24N4O2S.